The van der Waals surface area contributed by atoms with Crippen LogP contribution in [-0.2, 0) is 11.0 Å². The Morgan fingerprint density at radius 2 is 1.79 bits per heavy atom. The molecule has 0 aliphatic rings. The highest BCUT2D eigenvalue weighted by Crippen LogP contribution is 2.38. The van der Waals surface area contributed by atoms with Crippen LogP contribution in [0.1, 0.15) is 26.3 Å². The van der Waals surface area contributed by atoms with Crippen LogP contribution in [0.15, 0.2) is 55.0 Å². The molecule has 0 atom stereocenters. The SMILES string of the molecule is CC(C)(C)C(=O)Nc1cc(-c2cn3nc(-c4ccncc4F)ccc3n2)ccc1C(F)(F)F. The number of carbonyl (C=O) groups is 1. The Morgan fingerprint density at radius 3 is 2.45 bits per heavy atom. The van der Waals surface area contributed by atoms with Crippen molar-refractivity contribution in [2.75, 3.05) is 5.32 Å². The Morgan fingerprint density at radius 1 is 1.03 bits per heavy atom. The minimum absolute atomic E-state index is 0.254. The molecule has 170 valence electrons. The quantitative estimate of drug-likeness (QED) is 0.407. The summed E-state index contributed by atoms with van der Waals surface area (Å²) in [5.41, 5.74) is -0.483. The normalized spacial score (nSPS) is 12.2. The Balaban J connectivity index is 1.76. The topological polar surface area (TPSA) is 72.2 Å². The van der Waals surface area contributed by atoms with E-state index in [1.807, 2.05) is 0 Å². The van der Waals surface area contributed by atoms with Gasteiger partial charge in [-0.05, 0) is 30.3 Å². The highest BCUT2D eigenvalue weighted by molar-refractivity contribution is 5.96. The summed E-state index contributed by atoms with van der Waals surface area (Å²) in [5.74, 6) is -1.09. The summed E-state index contributed by atoms with van der Waals surface area (Å²) < 4.78 is 56.0. The average Bonchev–Trinajstić information content (AvgIpc) is 3.16. The van der Waals surface area contributed by atoms with Crippen molar-refractivity contribution in [3.63, 3.8) is 0 Å². The number of rotatable bonds is 3. The van der Waals surface area contributed by atoms with Gasteiger partial charge < -0.3 is 5.32 Å². The maximum absolute atomic E-state index is 14.1. The molecular weight excluding hydrogens is 438 g/mol. The van der Waals surface area contributed by atoms with Gasteiger partial charge in [-0.25, -0.2) is 13.9 Å². The Labute approximate surface area is 186 Å². The lowest BCUT2D eigenvalue weighted by atomic mass is 9.95. The van der Waals surface area contributed by atoms with E-state index in [0.717, 1.165) is 12.3 Å². The number of anilines is 1. The van der Waals surface area contributed by atoms with Crippen molar-refractivity contribution >= 4 is 17.2 Å². The van der Waals surface area contributed by atoms with Crippen molar-refractivity contribution in [2.45, 2.75) is 26.9 Å². The molecule has 0 fully saturated rings. The number of nitrogens with one attached hydrogen (secondary N) is 1. The number of fused-ring (bicyclic) bond motifs is 1. The number of aromatic nitrogens is 4. The third kappa shape index (κ3) is 4.55. The number of pyridine rings is 1. The molecule has 4 rings (SSSR count). The third-order valence-electron chi connectivity index (χ3n) is 4.92. The second-order valence-electron chi connectivity index (χ2n) is 8.47. The molecule has 0 bridgehead atoms. The highest BCUT2D eigenvalue weighted by atomic mass is 19.4. The molecule has 0 aliphatic heterocycles. The number of carbonyl (C=O) groups excluding carboxylic acids is 1. The minimum Gasteiger partial charge on any atom is -0.325 e. The van der Waals surface area contributed by atoms with Crippen molar-refractivity contribution in [1.29, 1.82) is 0 Å². The zero-order valence-electron chi connectivity index (χ0n) is 17.9. The molecule has 3 heterocycles. The molecule has 0 unspecified atom stereocenters. The van der Waals surface area contributed by atoms with E-state index in [0.29, 0.717) is 22.6 Å². The average molecular weight is 457 g/mol. The number of hydrogen-bond donors (Lipinski definition) is 1. The smallest absolute Gasteiger partial charge is 0.325 e. The van der Waals surface area contributed by atoms with Crippen LogP contribution in [0.25, 0.3) is 28.2 Å². The van der Waals surface area contributed by atoms with Gasteiger partial charge in [0.15, 0.2) is 11.5 Å². The summed E-state index contributed by atoms with van der Waals surface area (Å²) >= 11 is 0. The Bertz CT molecular complexity index is 1360. The van der Waals surface area contributed by atoms with Crippen LogP contribution in [0.4, 0.5) is 23.2 Å². The summed E-state index contributed by atoms with van der Waals surface area (Å²) in [7, 11) is 0. The summed E-state index contributed by atoms with van der Waals surface area (Å²) in [4.78, 5) is 20.5. The van der Waals surface area contributed by atoms with Gasteiger partial charge in [-0.2, -0.15) is 18.3 Å². The van der Waals surface area contributed by atoms with Gasteiger partial charge in [0.1, 0.15) is 0 Å². The Hall–Kier alpha value is -3.82. The van der Waals surface area contributed by atoms with Crippen molar-refractivity contribution in [3.05, 3.63) is 66.4 Å². The summed E-state index contributed by atoms with van der Waals surface area (Å²) in [5, 5.41) is 6.73. The van der Waals surface area contributed by atoms with Crippen LogP contribution in [0.3, 0.4) is 0 Å². The van der Waals surface area contributed by atoms with Gasteiger partial charge in [0.25, 0.3) is 0 Å². The molecule has 6 nitrogen and oxygen atoms in total. The standard InChI is InChI=1S/C23H19F4N5O/c1-22(2,3)21(33)30-18-10-13(4-5-15(18)23(25,26)27)19-12-32-20(29-19)7-6-17(31-32)14-8-9-28-11-16(14)24/h4-12H,1-3H3,(H,30,33). The fourth-order valence-electron chi connectivity index (χ4n) is 3.11. The highest BCUT2D eigenvalue weighted by Gasteiger charge is 2.35. The van der Waals surface area contributed by atoms with E-state index in [2.05, 4.69) is 20.4 Å². The van der Waals surface area contributed by atoms with Gasteiger partial charge in [-0.3, -0.25) is 9.78 Å². The van der Waals surface area contributed by atoms with E-state index in [4.69, 9.17) is 0 Å². The number of alkyl halides is 3. The van der Waals surface area contributed by atoms with Crippen LogP contribution in [0.2, 0.25) is 0 Å². The van der Waals surface area contributed by atoms with Crippen molar-refractivity contribution in [3.8, 4) is 22.5 Å². The molecule has 10 heteroatoms. The molecule has 33 heavy (non-hydrogen) atoms. The van der Waals surface area contributed by atoms with Gasteiger partial charge in [-0.1, -0.05) is 26.8 Å². The van der Waals surface area contributed by atoms with E-state index >= 15 is 0 Å². The third-order valence-corrected chi connectivity index (χ3v) is 4.92. The molecule has 1 amide bonds. The Kier molecular flexibility index (Phi) is 5.39. The second kappa shape index (κ2) is 7.95. The van der Waals surface area contributed by atoms with E-state index < -0.39 is 28.9 Å². The predicted octanol–water partition coefficient (Wildman–Crippen LogP) is 5.60. The minimum atomic E-state index is -4.65. The first-order valence-electron chi connectivity index (χ1n) is 9.93. The molecule has 0 spiro atoms. The zero-order valence-corrected chi connectivity index (χ0v) is 17.9. The predicted molar refractivity (Wildman–Crippen MR) is 115 cm³/mol. The van der Waals surface area contributed by atoms with E-state index in [1.165, 1.54) is 35.1 Å². The largest absolute Gasteiger partial charge is 0.418 e. The van der Waals surface area contributed by atoms with Gasteiger partial charge >= 0.3 is 6.18 Å². The second-order valence-corrected chi connectivity index (χ2v) is 8.47. The van der Waals surface area contributed by atoms with Gasteiger partial charge in [0, 0.05) is 22.7 Å². The van der Waals surface area contributed by atoms with Gasteiger partial charge in [0.2, 0.25) is 5.91 Å². The molecule has 0 saturated carbocycles. The van der Waals surface area contributed by atoms with Crippen LogP contribution < -0.4 is 5.32 Å². The molecule has 0 aliphatic carbocycles. The van der Waals surface area contributed by atoms with Crippen LogP contribution in [0, 0.1) is 11.2 Å². The number of hydrogen-bond acceptors (Lipinski definition) is 4. The number of imidazole rings is 1. The van der Waals surface area contributed by atoms with Crippen molar-refractivity contribution in [2.24, 2.45) is 5.41 Å². The first-order valence-corrected chi connectivity index (χ1v) is 9.93. The molecule has 0 radical (unpaired) electrons. The van der Waals surface area contributed by atoms with Gasteiger partial charge in [0.05, 0.1) is 35.0 Å². The van der Waals surface area contributed by atoms with E-state index in [9.17, 15) is 22.4 Å². The molecule has 1 N–H and O–H groups in total. The first-order chi connectivity index (χ1) is 15.4. The number of amides is 1. The lowest BCUT2D eigenvalue weighted by molar-refractivity contribution is -0.137. The van der Waals surface area contributed by atoms with Crippen molar-refractivity contribution < 1.29 is 22.4 Å². The zero-order chi connectivity index (χ0) is 24.0. The maximum atomic E-state index is 14.1. The number of benzene rings is 1. The summed E-state index contributed by atoms with van der Waals surface area (Å²) in [6.45, 7) is 4.82. The van der Waals surface area contributed by atoms with Crippen LogP contribution >= 0.6 is 0 Å². The fraction of sp³-hybridized carbons (Fsp3) is 0.217. The lowest BCUT2D eigenvalue weighted by Crippen LogP contribution is -2.28. The fourth-order valence-corrected chi connectivity index (χ4v) is 3.11. The molecular formula is C23H19F4N5O. The van der Waals surface area contributed by atoms with E-state index in [-0.39, 0.29) is 11.3 Å². The lowest BCUT2D eigenvalue weighted by Gasteiger charge is -2.20. The van der Waals surface area contributed by atoms with Crippen LogP contribution in [-0.4, -0.2) is 25.5 Å². The molecule has 4 aromatic rings. The molecule has 3 aromatic heterocycles. The van der Waals surface area contributed by atoms with Gasteiger partial charge in [-0.15, -0.1) is 0 Å². The van der Waals surface area contributed by atoms with E-state index in [1.54, 1.807) is 32.9 Å². The summed E-state index contributed by atoms with van der Waals surface area (Å²) in [6, 6.07) is 8.12. The van der Waals surface area contributed by atoms with Crippen LogP contribution in [0.5, 0.6) is 0 Å². The first kappa shape index (κ1) is 22.4. The number of halogens is 4. The maximum Gasteiger partial charge on any atom is 0.418 e. The summed E-state index contributed by atoms with van der Waals surface area (Å²) in [6.07, 6.45) is -0.603. The van der Waals surface area contributed by atoms with Crippen molar-refractivity contribution in [1.82, 2.24) is 19.6 Å². The monoisotopic (exact) mass is 457 g/mol. The number of nitrogens with zero attached hydrogens (tertiary/aromatic N) is 4. The molecule has 0 saturated heterocycles. The molecule has 1 aromatic carbocycles.